The number of guanidine groups is 1. The Balaban J connectivity index is 1.79. The van der Waals surface area contributed by atoms with E-state index < -0.39 is 0 Å². The van der Waals surface area contributed by atoms with Gasteiger partial charge in [-0.1, -0.05) is 35.9 Å². The zero-order valence-electron chi connectivity index (χ0n) is 14.0. The third-order valence-corrected chi connectivity index (χ3v) is 4.72. The summed E-state index contributed by atoms with van der Waals surface area (Å²) in [5.41, 5.74) is 7.37. The fourth-order valence-corrected chi connectivity index (χ4v) is 3.45. The van der Waals surface area contributed by atoms with Gasteiger partial charge in [0, 0.05) is 16.3 Å². The summed E-state index contributed by atoms with van der Waals surface area (Å²) in [5.74, 6) is 0.0112. The summed E-state index contributed by atoms with van der Waals surface area (Å²) in [6.45, 7) is 2.18. The predicted molar refractivity (Wildman–Crippen MR) is 102 cm³/mol. The second-order valence-corrected chi connectivity index (χ2v) is 6.52. The number of aliphatic imine (C=N–C) groups is 1. The Labute approximate surface area is 152 Å². The van der Waals surface area contributed by atoms with Gasteiger partial charge in [0.15, 0.2) is 5.96 Å². The summed E-state index contributed by atoms with van der Waals surface area (Å²) < 4.78 is 14.4. The van der Waals surface area contributed by atoms with E-state index >= 15 is 0 Å². The zero-order chi connectivity index (χ0) is 17.6. The van der Waals surface area contributed by atoms with Gasteiger partial charge >= 0.3 is 0 Å². The summed E-state index contributed by atoms with van der Waals surface area (Å²) in [6, 6.07) is 14.2. The van der Waals surface area contributed by atoms with Gasteiger partial charge < -0.3 is 11.1 Å². The molecule has 1 unspecified atom stereocenters. The molecule has 0 saturated carbocycles. The Kier molecular flexibility index (Phi) is 5.89. The first-order valence-corrected chi connectivity index (χ1v) is 8.83. The van der Waals surface area contributed by atoms with E-state index in [0.29, 0.717) is 23.1 Å². The minimum absolute atomic E-state index is 0.215. The van der Waals surface area contributed by atoms with Crippen LogP contribution < -0.4 is 11.1 Å². The highest BCUT2D eigenvalue weighted by Crippen LogP contribution is 2.32. The van der Waals surface area contributed by atoms with E-state index in [0.717, 1.165) is 31.6 Å². The molecule has 2 aromatic carbocycles. The molecule has 0 amide bonds. The smallest absolute Gasteiger partial charge is 0.193 e. The van der Waals surface area contributed by atoms with Crippen molar-refractivity contribution in [2.24, 2.45) is 10.7 Å². The normalized spacial score (nSPS) is 16.8. The minimum atomic E-state index is -0.297. The topological polar surface area (TPSA) is 53.6 Å². The quantitative estimate of drug-likeness (QED) is 0.625. The fourth-order valence-electron chi connectivity index (χ4n) is 3.17. The standard InChI is InChI=1S/C19H22ClFN4/c20-15-9-6-10-16(21)18(15)17(25-11-4-5-12-25)13-23-19(22)24-14-7-2-1-3-8-14/h1-3,6-10,17H,4-5,11-13H2,(H3,22,23,24). The lowest BCUT2D eigenvalue weighted by Gasteiger charge is -2.27. The number of hydrogen-bond acceptors (Lipinski definition) is 2. The molecule has 1 aliphatic rings. The van der Waals surface area contributed by atoms with Gasteiger partial charge in [-0.3, -0.25) is 9.89 Å². The highest BCUT2D eigenvalue weighted by atomic mass is 35.5. The van der Waals surface area contributed by atoms with Crippen LogP contribution in [-0.4, -0.2) is 30.5 Å². The van der Waals surface area contributed by atoms with E-state index in [-0.39, 0.29) is 11.9 Å². The molecule has 0 bridgehead atoms. The van der Waals surface area contributed by atoms with Crippen molar-refractivity contribution >= 4 is 23.2 Å². The van der Waals surface area contributed by atoms with E-state index in [1.807, 2.05) is 30.3 Å². The summed E-state index contributed by atoms with van der Waals surface area (Å²) >= 11 is 6.29. The largest absolute Gasteiger partial charge is 0.370 e. The molecule has 6 heteroatoms. The molecule has 1 fully saturated rings. The van der Waals surface area contributed by atoms with Crippen molar-refractivity contribution in [2.45, 2.75) is 18.9 Å². The van der Waals surface area contributed by atoms with Gasteiger partial charge in [-0.05, 0) is 50.2 Å². The Morgan fingerprint density at radius 3 is 2.56 bits per heavy atom. The van der Waals surface area contributed by atoms with Crippen LogP contribution in [0.15, 0.2) is 53.5 Å². The maximum absolute atomic E-state index is 14.4. The van der Waals surface area contributed by atoms with Crippen molar-refractivity contribution in [1.29, 1.82) is 0 Å². The minimum Gasteiger partial charge on any atom is -0.370 e. The van der Waals surface area contributed by atoms with Gasteiger partial charge in [0.25, 0.3) is 0 Å². The number of nitrogens with one attached hydrogen (secondary N) is 1. The third-order valence-electron chi connectivity index (χ3n) is 4.40. The number of anilines is 1. The molecule has 2 aromatic rings. The Hall–Kier alpha value is -2.11. The monoisotopic (exact) mass is 360 g/mol. The van der Waals surface area contributed by atoms with Gasteiger partial charge in [-0.15, -0.1) is 0 Å². The lowest BCUT2D eigenvalue weighted by Crippen LogP contribution is -2.31. The molecule has 1 atom stereocenters. The molecule has 132 valence electrons. The third kappa shape index (κ3) is 4.50. The molecule has 3 rings (SSSR count). The molecule has 1 saturated heterocycles. The van der Waals surface area contributed by atoms with Gasteiger partial charge in [0.05, 0.1) is 12.6 Å². The fraction of sp³-hybridized carbons (Fsp3) is 0.316. The van der Waals surface area contributed by atoms with Crippen molar-refractivity contribution < 1.29 is 4.39 Å². The lowest BCUT2D eigenvalue weighted by molar-refractivity contribution is 0.246. The Morgan fingerprint density at radius 2 is 1.88 bits per heavy atom. The molecule has 0 aliphatic carbocycles. The van der Waals surface area contributed by atoms with Crippen molar-refractivity contribution in [2.75, 3.05) is 25.0 Å². The first-order valence-electron chi connectivity index (χ1n) is 8.45. The molecular weight excluding hydrogens is 339 g/mol. The Bertz CT molecular complexity index is 709. The first kappa shape index (κ1) is 17.7. The maximum atomic E-state index is 14.4. The van der Waals surface area contributed by atoms with Gasteiger partial charge in [-0.2, -0.15) is 0 Å². The number of halogens is 2. The van der Waals surface area contributed by atoms with E-state index in [1.165, 1.54) is 6.07 Å². The number of para-hydroxylation sites is 1. The number of benzene rings is 2. The second kappa shape index (κ2) is 8.32. The molecule has 4 nitrogen and oxygen atoms in total. The molecule has 1 aliphatic heterocycles. The van der Waals surface area contributed by atoms with Crippen LogP contribution in [0.25, 0.3) is 0 Å². The molecule has 0 aromatic heterocycles. The van der Waals surface area contributed by atoms with Crippen molar-refractivity contribution in [3.63, 3.8) is 0 Å². The van der Waals surface area contributed by atoms with Crippen LogP contribution in [0, 0.1) is 5.82 Å². The maximum Gasteiger partial charge on any atom is 0.193 e. The van der Waals surface area contributed by atoms with Crippen LogP contribution >= 0.6 is 11.6 Å². The Morgan fingerprint density at radius 1 is 1.16 bits per heavy atom. The number of likely N-dealkylation sites (tertiary alicyclic amines) is 1. The van der Waals surface area contributed by atoms with Crippen LogP contribution in [0.1, 0.15) is 24.4 Å². The average Bonchev–Trinajstić information content (AvgIpc) is 3.12. The van der Waals surface area contributed by atoms with E-state index in [4.69, 9.17) is 17.3 Å². The van der Waals surface area contributed by atoms with Gasteiger partial charge in [-0.25, -0.2) is 4.39 Å². The van der Waals surface area contributed by atoms with Crippen LogP contribution in [0.3, 0.4) is 0 Å². The highest BCUT2D eigenvalue weighted by Gasteiger charge is 2.27. The van der Waals surface area contributed by atoms with E-state index in [1.54, 1.807) is 12.1 Å². The van der Waals surface area contributed by atoms with Crippen LogP contribution in [0.5, 0.6) is 0 Å². The molecular formula is C19H22ClFN4. The van der Waals surface area contributed by atoms with Crippen molar-refractivity contribution in [3.05, 3.63) is 64.9 Å². The van der Waals surface area contributed by atoms with Gasteiger partial charge in [0.2, 0.25) is 0 Å². The molecule has 25 heavy (non-hydrogen) atoms. The predicted octanol–water partition coefficient (Wildman–Crippen LogP) is 4.04. The van der Waals surface area contributed by atoms with Crippen LogP contribution in [-0.2, 0) is 0 Å². The average molecular weight is 361 g/mol. The summed E-state index contributed by atoms with van der Waals surface area (Å²) in [6.07, 6.45) is 2.20. The summed E-state index contributed by atoms with van der Waals surface area (Å²) in [4.78, 5) is 6.67. The van der Waals surface area contributed by atoms with E-state index in [2.05, 4.69) is 15.2 Å². The second-order valence-electron chi connectivity index (χ2n) is 6.11. The van der Waals surface area contributed by atoms with Gasteiger partial charge in [0.1, 0.15) is 5.82 Å². The van der Waals surface area contributed by atoms with Crippen molar-refractivity contribution in [3.8, 4) is 0 Å². The summed E-state index contributed by atoms with van der Waals surface area (Å²) in [5, 5.41) is 3.48. The number of nitrogens with two attached hydrogens (primary N) is 1. The lowest BCUT2D eigenvalue weighted by atomic mass is 10.0. The van der Waals surface area contributed by atoms with Crippen LogP contribution in [0.4, 0.5) is 10.1 Å². The number of hydrogen-bond donors (Lipinski definition) is 2. The zero-order valence-corrected chi connectivity index (χ0v) is 14.7. The molecule has 0 radical (unpaired) electrons. The van der Waals surface area contributed by atoms with Crippen molar-refractivity contribution in [1.82, 2.24) is 4.90 Å². The molecule has 3 N–H and O–H groups in total. The van der Waals surface area contributed by atoms with Crippen LogP contribution in [0.2, 0.25) is 5.02 Å². The summed E-state index contributed by atoms with van der Waals surface area (Å²) in [7, 11) is 0. The first-order chi connectivity index (χ1) is 12.1. The van der Waals surface area contributed by atoms with E-state index in [9.17, 15) is 4.39 Å². The molecule has 0 spiro atoms. The molecule has 1 heterocycles. The number of rotatable bonds is 5. The number of nitrogens with zero attached hydrogens (tertiary/aromatic N) is 2. The highest BCUT2D eigenvalue weighted by molar-refractivity contribution is 6.31. The SMILES string of the molecule is NC(=NCC(c1c(F)cccc1Cl)N1CCCC1)Nc1ccccc1.